The molecule has 3 fully saturated rings. The van der Waals surface area contributed by atoms with E-state index in [1.807, 2.05) is 0 Å². The molecule has 0 bridgehead atoms. The Bertz CT molecular complexity index is 1350. The monoisotopic (exact) mass is 568 g/mol. The molecule has 7 heteroatoms. The van der Waals surface area contributed by atoms with Crippen molar-refractivity contribution in [2.45, 2.75) is 96.1 Å². The topological polar surface area (TPSA) is 91.8 Å². The molecule has 6 rings (SSSR count). The molecular weight excluding hydrogens is 528 g/mol. The first-order chi connectivity index (χ1) is 20.4. The van der Waals surface area contributed by atoms with Crippen LogP contribution in [-0.2, 0) is 16.1 Å². The van der Waals surface area contributed by atoms with E-state index in [1.54, 1.807) is 53.4 Å². The number of Topliss-reactive ketones (excluding diaryl/α,β-unsaturated/α-hetero) is 1. The Balaban J connectivity index is 1.12. The number of benzene rings is 2. The Morgan fingerprint density at radius 1 is 0.690 bits per heavy atom. The van der Waals surface area contributed by atoms with Crippen LogP contribution in [0.25, 0.3) is 0 Å². The van der Waals surface area contributed by atoms with Gasteiger partial charge < -0.3 is 0 Å². The molecule has 2 aliphatic carbocycles. The van der Waals surface area contributed by atoms with Crippen molar-refractivity contribution >= 4 is 29.4 Å². The van der Waals surface area contributed by atoms with E-state index in [0.29, 0.717) is 16.7 Å². The minimum Gasteiger partial charge on any atom is -0.294 e. The lowest BCUT2D eigenvalue weighted by Crippen LogP contribution is -2.64. The van der Waals surface area contributed by atoms with E-state index in [9.17, 15) is 24.0 Å². The average molecular weight is 569 g/mol. The van der Waals surface area contributed by atoms with Gasteiger partial charge in [0, 0.05) is 17.9 Å². The van der Waals surface area contributed by atoms with Crippen LogP contribution in [0.3, 0.4) is 0 Å². The fraction of sp³-hybridized carbons (Fsp3) is 0.514. The second-order valence-electron chi connectivity index (χ2n) is 12.6. The van der Waals surface area contributed by atoms with Gasteiger partial charge in [-0.25, -0.2) is 0 Å². The highest BCUT2D eigenvalue weighted by Crippen LogP contribution is 2.41. The van der Waals surface area contributed by atoms with Crippen LogP contribution in [0.1, 0.15) is 120 Å². The second-order valence-corrected chi connectivity index (χ2v) is 12.6. The number of carbonyl (C=O) groups is 5. The molecule has 42 heavy (non-hydrogen) atoms. The van der Waals surface area contributed by atoms with E-state index in [4.69, 9.17) is 0 Å². The molecule has 0 radical (unpaired) electrons. The maximum Gasteiger partial charge on any atom is 0.261 e. The predicted octanol–water partition coefficient (Wildman–Crippen LogP) is 6.35. The van der Waals surface area contributed by atoms with Crippen molar-refractivity contribution in [3.05, 3.63) is 70.8 Å². The van der Waals surface area contributed by atoms with Crippen LogP contribution in [0, 0.1) is 17.8 Å². The molecule has 220 valence electrons. The van der Waals surface area contributed by atoms with E-state index in [1.165, 1.54) is 11.3 Å². The van der Waals surface area contributed by atoms with Gasteiger partial charge in [-0.05, 0) is 49.3 Å². The summed E-state index contributed by atoms with van der Waals surface area (Å²) in [5, 5.41) is 0. The average Bonchev–Trinajstić information content (AvgIpc) is 3.21. The Kier molecular flexibility index (Phi) is 8.36. The van der Waals surface area contributed by atoms with Gasteiger partial charge in [0.15, 0.2) is 5.78 Å². The van der Waals surface area contributed by atoms with Crippen molar-refractivity contribution in [1.29, 1.82) is 0 Å². The molecule has 2 saturated carbocycles. The normalized spacial score (nSPS) is 26.3. The number of likely N-dealkylation sites (tertiary alicyclic amines) is 1. The lowest BCUT2D eigenvalue weighted by atomic mass is 9.74. The summed E-state index contributed by atoms with van der Waals surface area (Å²) < 4.78 is 0. The fourth-order valence-corrected chi connectivity index (χ4v) is 7.62. The van der Waals surface area contributed by atoms with Gasteiger partial charge in [-0.3, -0.25) is 33.8 Å². The number of imide groups is 2. The molecule has 2 aliphatic heterocycles. The summed E-state index contributed by atoms with van der Waals surface area (Å²) in [6.07, 6.45) is 12.2. The summed E-state index contributed by atoms with van der Waals surface area (Å²) in [4.78, 5) is 68.9. The Morgan fingerprint density at radius 2 is 1.29 bits per heavy atom. The smallest absolute Gasteiger partial charge is 0.261 e. The van der Waals surface area contributed by atoms with Gasteiger partial charge in [0.1, 0.15) is 0 Å². The summed E-state index contributed by atoms with van der Waals surface area (Å²) in [6, 6.07) is 14.0. The highest BCUT2D eigenvalue weighted by molar-refractivity contribution is 6.21. The third kappa shape index (κ3) is 5.46. The molecule has 2 aromatic carbocycles. The first-order valence-electron chi connectivity index (χ1n) is 15.9. The number of ketones is 1. The van der Waals surface area contributed by atoms with Crippen molar-refractivity contribution in [3.8, 4) is 0 Å². The lowest BCUT2D eigenvalue weighted by Gasteiger charge is -2.49. The van der Waals surface area contributed by atoms with Crippen LogP contribution in [-0.4, -0.2) is 45.3 Å². The van der Waals surface area contributed by atoms with Gasteiger partial charge in [0.25, 0.3) is 11.8 Å². The largest absolute Gasteiger partial charge is 0.294 e. The van der Waals surface area contributed by atoms with Crippen LogP contribution < -0.4 is 0 Å². The maximum absolute atomic E-state index is 13.9. The quantitative estimate of drug-likeness (QED) is 0.230. The van der Waals surface area contributed by atoms with E-state index in [0.717, 1.165) is 76.2 Å². The Morgan fingerprint density at radius 3 is 1.95 bits per heavy atom. The van der Waals surface area contributed by atoms with Gasteiger partial charge in [-0.1, -0.05) is 87.8 Å². The molecule has 4 aliphatic rings. The number of carbonyl (C=O) groups excluding carboxylic acids is 5. The Hall–Kier alpha value is -3.61. The van der Waals surface area contributed by atoms with Crippen LogP contribution in [0.4, 0.5) is 0 Å². The van der Waals surface area contributed by atoms with Crippen molar-refractivity contribution in [3.63, 3.8) is 0 Å². The van der Waals surface area contributed by atoms with Crippen molar-refractivity contribution in [2.24, 2.45) is 17.8 Å². The summed E-state index contributed by atoms with van der Waals surface area (Å²) in [7, 11) is 0. The summed E-state index contributed by atoms with van der Waals surface area (Å²) in [5.74, 6) is -1.03. The highest BCUT2D eigenvalue weighted by Gasteiger charge is 2.51. The van der Waals surface area contributed by atoms with E-state index in [2.05, 4.69) is 0 Å². The van der Waals surface area contributed by atoms with Crippen LogP contribution in [0.2, 0.25) is 0 Å². The Labute approximate surface area is 247 Å². The third-order valence-corrected chi connectivity index (χ3v) is 10.0. The third-order valence-electron chi connectivity index (χ3n) is 10.0. The molecule has 0 N–H and O–H groups in total. The minimum atomic E-state index is -0.304. The van der Waals surface area contributed by atoms with E-state index < -0.39 is 0 Å². The molecule has 1 saturated heterocycles. The molecule has 2 aromatic rings. The molecular formula is C35H40N2O5. The van der Waals surface area contributed by atoms with Gasteiger partial charge in [0.2, 0.25) is 11.8 Å². The highest BCUT2D eigenvalue weighted by atomic mass is 16.2. The first-order valence-corrected chi connectivity index (χ1v) is 15.9. The van der Waals surface area contributed by atoms with Crippen molar-refractivity contribution in [1.82, 2.24) is 9.80 Å². The van der Waals surface area contributed by atoms with Gasteiger partial charge in [-0.15, -0.1) is 0 Å². The minimum absolute atomic E-state index is 0.00159. The SMILES string of the molecule is O=C(C[C@H]1CCCCCC[C@H]1C(=O)N1C(=O)[C@@H]2CCCCCC[C@@H]21)c1ccc(CN2C(=O)c3ccccc3C2=O)cc1. The number of fused-ring (bicyclic) bond motifs is 2. The summed E-state index contributed by atoms with van der Waals surface area (Å²) in [6.45, 7) is 0.145. The van der Waals surface area contributed by atoms with Crippen LogP contribution in [0.15, 0.2) is 48.5 Å². The first kappa shape index (κ1) is 28.5. The van der Waals surface area contributed by atoms with E-state index >= 15 is 0 Å². The number of hydrogen-bond acceptors (Lipinski definition) is 5. The fourth-order valence-electron chi connectivity index (χ4n) is 7.62. The molecule has 2 heterocycles. The van der Waals surface area contributed by atoms with Gasteiger partial charge in [0.05, 0.1) is 29.6 Å². The number of nitrogens with zero attached hydrogens (tertiary/aromatic N) is 2. The van der Waals surface area contributed by atoms with Gasteiger partial charge in [-0.2, -0.15) is 0 Å². The molecule has 0 unspecified atom stereocenters. The number of β-lactam (4-membered cyclic amide) rings is 1. The number of hydrogen-bond donors (Lipinski definition) is 0. The van der Waals surface area contributed by atoms with Crippen LogP contribution in [0.5, 0.6) is 0 Å². The van der Waals surface area contributed by atoms with Crippen LogP contribution >= 0.6 is 0 Å². The number of amides is 4. The maximum atomic E-state index is 13.9. The molecule has 4 atom stereocenters. The zero-order chi connectivity index (χ0) is 29.2. The molecule has 4 amide bonds. The van der Waals surface area contributed by atoms with E-state index in [-0.39, 0.29) is 66.2 Å². The van der Waals surface area contributed by atoms with Crippen molar-refractivity contribution < 1.29 is 24.0 Å². The standard InChI is InChI=1S/C35H40N2O5/c38-31(24-19-17-23(18-20-24)22-36-32(39)27-13-9-10-14-28(27)33(36)40)21-25-11-5-1-2-6-12-26(25)34(41)37-30-16-8-4-3-7-15-29(30)35(37)42/h9-10,13-14,17-20,25-26,29-30H,1-8,11-12,15-16,21-22H2/t25-,26-,29-,30+/m1/s1. The second kappa shape index (κ2) is 12.3. The predicted molar refractivity (Wildman–Crippen MR) is 158 cm³/mol. The number of rotatable bonds is 6. The molecule has 0 spiro atoms. The zero-order valence-electron chi connectivity index (χ0n) is 24.3. The lowest BCUT2D eigenvalue weighted by molar-refractivity contribution is -0.171. The molecule has 7 nitrogen and oxygen atoms in total. The summed E-state index contributed by atoms with van der Waals surface area (Å²) >= 11 is 0. The van der Waals surface area contributed by atoms with Crippen molar-refractivity contribution in [2.75, 3.05) is 0 Å². The molecule has 0 aromatic heterocycles. The summed E-state index contributed by atoms with van der Waals surface area (Å²) in [5.41, 5.74) is 2.17. The van der Waals surface area contributed by atoms with Gasteiger partial charge >= 0.3 is 0 Å². The zero-order valence-corrected chi connectivity index (χ0v) is 24.3.